The van der Waals surface area contributed by atoms with E-state index in [-0.39, 0.29) is 12.2 Å². The van der Waals surface area contributed by atoms with Crippen LogP contribution in [-0.2, 0) is 23.8 Å². The zero-order valence-corrected chi connectivity index (χ0v) is 12.2. The van der Waals surface area contributed by atoms with Crippen molar-refractivity contribution in [1.82, 2.24) is 15.2 Å². The first kappa shape index (κ1) is 16.2. The van der Waals surface area contributed by atoms with Gasteiger partial charge in [0.05, 0.1) is 12.0 Å². The molecule has 0 saturated carbocycles. The molecule has 0 aliphatic heterocycles. The van der Waals surface area contributed by atoms with Gasteiger partial charge in [0.15, 0.2) is 0 Å². The summed E-state index contributed by atoms with van der Waals surface area (Å²) in [6.45, 7) is 3.53. The van der Waals surface area contributed by atoms with Crippen LogP contribution in [0.15, 0.2) is 30.6 Å². The SMILES string of the molecule is CC(C)(Cc1ccc(C(F)(F)F)cc1)C(=O)Cc1ncn[nH]1. The third-order valence-electron chi connectivity index (χ3n) is 3.48. The molecular formula is C15H16F3N3O. The van der Waals surface area contributed by atoms with Gasteiger partial charge in [0.2, 0.25) is 0 Å². The van der Waals surface area contributed by atoms with E-state index in [0.717, 1.165) is 12.1 Å². The van der Waals surface area contributed by atoms with E-state index in [2.05, 4.69) is 15.2 Å². The average molecular weight is 311 g/mol. The Morgan fingerprint density at radius 1 is 1.18 bits per heavy atom. The second kappa shape index (κ2) is 5.90. The minimum absolute atomic E-state index is 0.0517. The predicted octanol–water partition coefficient (Wildman–Crippen LogP) is 3.20. The Balaban J connectivity index is 2.06. The second-order valence-electron chi connectivity index (χ2n) is 5.79. The van der Waals surface area contributed by atoms with Crippen molar-refractivity contribution in [3.63, 3.8) is 0 Å². The number of ketones is 1. The highest BCUT2D eigenvalue weighted by Gasteiger charge is 2.31. The van der Waals surface area contributed by atoms with E-state index < -0.39 is 17.2 Å². The molecule has 2 rings (SSSR count). The summed E-state index contributed by atoms with van der Waals surface area (Å²) in [5.41, 5.74) is -0.710. The Labute approximate surface area is 125 Å². The van der Waals surface area contributed by atoms with Crippen molar-refractivity contribution in [2.75, 3.05) is 0 Å². The molecule has 1 heterocycles. The number of alkyl halides is 3. The smallest absolute Gasteiger partial charge is 0.299 e. The number of hydrogen-bond acceptors (Lipinski definition) is 3. The molecule has 0 bridgehead atoms. The van der Waals surface area contributed by atoms with Gasteiger partial charge in [0, 0.05) is 5.41 Å². The third kappa shape index (κ3) is 3.93. The molecule has 0 aliphatic rings. The van der Waals surface area contributed by atoms with Crippen molar-refractivity contribution in [2.24, 2.45) is 5.41 Å². The normalized spacial score (nSPS) is 12.4. The highest BCUT2D eigenvalue weighted by Crippen LogP contribution is 2.30. The molecule has 118 valence electrons. The van der Waals surface area contributed by atoms with Gasteiger partial charge in [-0.05, 0) is 24.1 Å². The lowest BCUT2D eigenvalue weighted by molar-refractivity contribution is -0.137. The number of carbonyl (C=O) groups is 1. The molecule has 1 N–H and O–H groups in total. The predicted molar refractivity (Wildman–Crippen MR) is 74.0 cm³/mol. The van der Waals surface area contributed by atoms with E-state index in [4.69, 9.17) is 0 Å². The van der Waals surface area contributed by atoms with Crippen LogP contribution in [0.5, 0.6) is 0 Å². The summed E-state index contributed by atoms with van der Waals surface area (Å²) in [5.74, 6) is 0.426. The standard InChI is InChI=1S/C15H16F3N3O/c1-14(2,12(22)7-13-19-9-20-21-13)8-10-3-5-11(6-4-10)15(16,17)18/h3-6,9H,7-8H2,1-2H3,(H,19,20,21). The fourth-order valence-corrected chi connectivity index (χ4v) is 2.13. The van der Waals surface area contributed by atoms with Gasteiger partial charge < -0.3 is 0 Å². The molecule has 0 saturated heterocycles. The summed E-state index contributed by atoms with van der Waals surface area (Å²) in [7, 11) is 0. The Hall–Kier alpha value is -2.18. The maximum absolute atomic E-state index is 12.5. The maximum Gasteiger partial charge on any atom is 0.416 e. The summed E-state index contributed by atoms with van der Waals surface area (Å²) >= 11 is 0. The van der Waals surface area contributed by atoms with E-state index in [1.807, 2.05) is 0 Å². The van der Waals surface area contributed by atoms with Crippen LogP contribution in [0, 0.1) is 5.41 Å². The number of benzene rings is 1. The number of nitrogens with zero attached hydrogens (tertiary/aromatic N) is 2. The molecule has 0 fully saturated rings. The molecule has 0 atom stereocenters. The molecule has 1 aromatic carbocycles. The first-order chi connectivity index (χ1) is 10.2. The van der Waals surface area contributed by atoms with Gasteiger partial charge in [-0.15, -0.1) is 0 Å². The molecule has 0 radical (unpaired) electrons. The topological polar surface area (TPSA) is 58.6 Å². The average Bonchev–Trinajstić information content (AvgIpc) is 2.90. The van der Waals surface area contributed by atoms with Crippen LogP contribution in [0.1, 0.15) is 30.8 Å². The van der Waals surface area contributed by atoms with E-state index in [1.165, 1.54) is 18.5 Å². The third-order valence-corrected chi connectivity index (χ3v) is 3.48. The number of carbonyl (C=O) groups excluding carboxylic acids is 1. The van der Waals surface area contributed by atoms with Gasteiger partial charge in [-0.3, -0.25) is 9.89 Å². The van der Waals surface area contributed by atoms with Crippen molar-refractivity contribution in [2.45, 2.75) is 32.9 Å². The molecule has 0 amide bonds. The summed E-state index contributed by atoms with van der Waals surface area (Å²) in [5, 5.41) is 6.30. The van der Waals surface area contributed by atoms with Crippen LogP contribution in [-0.4, -0.2) is 21.0 Å². The van der Waals surface area contributed by atoms with E-state index >= 15 is 0 Å². The number of halogens is 3. The van der Waals surface area contributed by atoms with Gasteiger partial charge in [0.1, 0.15) is 17.9 Å². The van der Waals surface area contributed by atoms with Crippen LogP contribution in [0.3, 0.4) is 0 Å². The number of nitrogens with one attached hydrogen (secondary N) is 1. The lowest BCUT2D eigenvalue weighted by atomic mass is 9.80. The van der Waals surface area contributed by atoms with E-state index in [0.29, 0.717) is 17.8 Å². The van der Waals surface area contributed by atoms with Crippen LogP contribution in [0.25, 0.3) is 0 Å². The molecule has 4 nitrogen and oxygen atoms in total. The minimum Gasteiger partial charge on any atom is -0.299 e. The van der Waals surface area contributed by atoms with Crippen molar-refractivity contribution < 1.29 is 18.0 Å². The van der Waals surface area contributed by atoms with Gasteiger partial charge >= 0.3 is 6.18 Å². The number of rotatable bonds is 5. The fraction of sp³-hybridized carbons (Fsp3) is 0.400. The highest BCUT2D eigenvalue weighted by molar-refractivity contribution is 5.85. The van der Waals surface area contributed by atoms with Crippen LogP contribution in [0.2, 0.25) is 0 Å². The number of Topliss-reactive ketones (excluding diaryl/α,β-unsaturated/α-hetero) is 1. The largest absolute Gasteiger partial charge is 0.416 e. The van der Waals surface area contributed by atoms with E-state index in [1.54, 1.807) is 13.8 Å². The molecule has 0 spiro atoms. The summed E-state index contributed by atoms with van der Waals surface area (Å²) in [4.78, 5) is 16.2. The van der Waals surface area contributed by atoms with Crippen molar-refractivity contribution in [3.8, 4) is 0 Å². The maximum atomic E-state index is 12.5. The fourth-order valence-electron chi connectivity index (χ4n) is 2.13. The Morgan fingerprint density at radius 2 is 1.82 bits per heavy atom. The summed E-state index contributed by atoms with van der Waals surface area (Å²) in [6, 6.07) is 4.89. The summed E-state index contributed by atoms with van der Waals surface area (Å²) in [6.07, 6.45) is -2.55. The molecule has 2 aromatic rings. The summed E-state index contributed by atoms with van der Waals surface area (Å²) < 4.78 is 37.6. The first-order valence-electron chi connectivity index (χ1n) is 6.72. The monoisotopic (exact) mass is 311 g/mol. The number of aromatic nitrogens is 3. The van der Waals surface area contributed by atoms with Crippen molar-refractivity contribution >= 4 is 5.78 Å². The molecular weight excluding hydrogens is 295 g/mol. The van der Waals surface area contributed by atoms with Crippen molar-refractivity contribution in [3.05, 3.63) is 47.5 Å². The second-order valence-corrected chi connectivity index (χ2v) is 5.79. The molecule has 0 unspecified atom stereocenters. The minimum atomic E-state index is -4.35. The van der Waals surface area contributed by atoms with E-state index in [9.17, 15) is 18.0 Å². The Morgan fingerprint density at radius 3 is 2.32 bits per heavy atom. The quantitative estimate of drug-likeness (QED) is 0.922. The lowest BCUT2D eigenvalue weighted by Crippen LogP contribution is -2.28. The first-order valence-corrected chi connectivity index (χ1v) is 6.72. The number of hydrogen-bond donors (Lipinski definition) is 1. The van der Waals surface area contributed by atoms with Gasteiger partial charge in [0.25, 0.3) is 0 Å². The molecule has 0 aliphatic carbocycles. The number of aromatic amines is 1. The zero-order chi connectivity index (χ0) is 16.4. The highest BCUT2D eigenvalue weighted by atomic mass is 19.4. The van der Waals surface area contributed by atoms with Crippen LogP contribution < -0.4 is 0 Å². The molecule has 22 heavy (non-hydrogen) atoms. The molecule has 7 heteroatoms. The van der Waals surface area contributed by atoms with Gasteiger partial charge in [-0.25, -0.2) is 4.98 Å². The zero-order valence-electron chi connectivity index (χ0n) is 12.2. The van der Waals surface area contributed by atoms with Gasteiger partial charge in [-0.2, -0.15) is 18.3 Å². The Kier molecular flexibility index (Phi) is 4.35. The van der Waals surface area contributed by atoms with Crippen molar-refractivity contribution in [1.29, 1.82) is 0 Å². The van der Waals surface area contributed by atoms with Gasteiger partial charge in [-0.1, -0.05) is 26.0 Å². The Bertz CT molecular complexity index is 631. The van der Waals surface area contributed by atoms with Crippen LogP contribution in [0.4, 0.5) is 13.2 Å². The van der Waals surface area contributed by atoms with Crippen LogP contribution >= 0.6 is 0 Å². The lowest BCUT2D eigenvalue weighted by Gasteiger charge is -2.23. The number of H-pyrrole nitrogens is 1. The molecule has 1 aromatic heterocycles.